The Bertz CT molecular complexity index is 2620. The van der Waals surface area contributed by atoms with Gasteiger partial charge in [-0.15, -0.1) is 0 Å². The number of para-hydroxylation sites is 2. The molecule has 1 aliphatic heterocycles. The van der Waals surface area contributed by atoms with Gasteiger partial charge in [-0.1, -0.05) is 60.7 Å². The SMILES string of the molecule is [C-]#[N+]c1ccc2c(c1)-n1c3ccc(-c4ccc(C#N)cc4)cc3c3c1c(cc1c4ccccc4n(-c4ccccc4)c13)N2C(C)C. The Balaban J connectivity index is 1.53. The largest absolute Gasteiger partial charge is 0.336 e. The number of anilines is 2. The predicted molar refractivity (Wildman–Crippen MR) is 189 cm³/mol. The maximum absolute atomic E-state index is 9.40. The zero-order valence-corrected chi connectivity index (χ0v) is 25.4. The van der Waals surface area contributed by atoms with E-state index < -0.39 is 0 Å². The highest BCUT2D eigenvalue weighted by Gasteiger charge is 2.32. The summed E-state index contributed by atoms with van der Waals surface area (Å²) in [5.41, 5.74) is 12.4. The highest BCUT2D eigenvalue weighted by molar-refractivity contribution is 6.30. The van der Waals surface area contributed by atoms with Crippen molar-refractivity contribution < 1.29 is 0 Å². The van der Waals surface area contributed by atoms with Crippen LogP contribution in [-0.2, 0) is 0 Å². The Hall–Kier alpha value is -6.30. The molecule has 0 saturated heterocycles. The number of nitrogens with zero attached hydrogens (tertiary/aromatic N) is 5. The van der Waals surface area contributed by atoms with Gasteiger partial charge < -0.3 is 14.0 Å². The molecule has 46 heavy (non-hydrogen) atoms. The Morgan fingerprint density at radius 1 is 0.630 bits per heavy atom. The topological polar surface area (TPSA) is 41.2 Å². The fraction of sp³-hybridized carbons (Fsp3) is 0.0732. The summed E-state index contributed by atoms with van der Waals surface area (Å²) >= 11 is 0. The molecule has 2 aromatic heterocycles. The summed E-state index contributed by atoms with van der Waals surface area (Å²) < 4.78 is 4.78. The molecule has 8 aromatic rings. The van der Waals surface area contributed by atoms with Crippen LogP contribution in [0.5, 0.6) is 0 Å². The van der Waals surface area contributed by atoms with Gasteiger partial charge in [-0.25, -0.2) is 4.85 Å². The molecule has 0 aliphatic carbocycles. The minimum absolute atomic E-state index is 0.182. The molecule has 5 heteroatoms. The molecule has 6 aromatic carbocycles. The molecule has 1 aliphatic rings. The second-order valence-corrected chi connectivity index (χ2v) is 12.2. The third-order valence-corrected chi connectivity index (χ3v) is 9.37. The molecule has 0 saturated carbocycles. The lowest BCUT2D eigenvalue weighted by atomic mass is 10.00. The normalized spacial score (nSPS) is 12.2. The lowest BCUT2D eigenvalue weighted by Gasteiger charge is -2.36. The van der Waals surface area contributed by atoms with Crippen LogP contribution in [0, 0.1) is 17.9 Å². The molecular weight excluding hydrogens is 562 g/mol. The van der Waals surface area contributed by atoms with Gasteiger partial charge >= 0.3 is 0 Å². The molecule has 0 radical (unpaired) electrons. The second-order valence-electron chi connectivity index (χ2n) is 12.2. The minimum atomic E-state index is 0.182. The summed E-state index contributed by atoms with van der Waals surface area (Å²) in [5.74, 6) is 0. The monoisotopic (exact) mass is 589 g/mol. The van der Waals surface area contributed by atoms with Crippen LogP contribution in [0.3, 0.4) is 0 Å². The molecule has 0 unspecified atom stereocenters. The molecule has 216 valence electrons. The van der Waals surface area contributed by atoms with Gasteiger partial charge in [0, 0.05) is 33.3 Å². The third kappa shape index (κ3) is 3.49. The molecule has 5 nitrogen and oxygen atoms in total. The van der Waals surface area contributed by atoms with Crippen LogP contribution in [0.15, 0.2) is 121 Å². The average molecular weight is 590 g/mol. The van der Waals surface area contributed by atoms with E-state index in [9.17, 15) is 5.26 Å². The van der Waals surface area contributed by atoms with Crippen molar-refractivity contribution in [3.63, 3.8) is 0 Å². The molecule has 0 spiro atoms. The summed E-state index contributed by atoms with van der Waals surface area (Å²) in [4.78, 5) is 6.25. The summed E-state index contributed by atoms with van der Waals surface area (Å²) in [7, 11) is 0. The van der Waals surface area contributed by atoms with Crippen LogP contribution in [0.4, 0.5) is 17.1 Å². The maximum atomic E-state index is 9.40. The zero-order valence-electron chi connectivity index (χ0n) is 25.4. The van der Waals surface area contributed by atoms with Crippen molar-refractivity contribution in [2.45, 2.75) is 19.9 Å². The molecule has 0 bridgehead atoms. The lowest BCUT2D eigenvalue weighted by Crippen LogP contribution is -2.29. The van der Waals surface area contributed by atoms with Crippen LogP contribution in [0.1, 0.15) is 19.4 Å². The molecular formula is C41H27N5. The van der Waals surface area contributed by atoms with Gasteiger partial charge in [-0.05, 0) is 85.6 Å². The number of hydrogen-bond acceptors (Lipinski definition) is 2. The first-order valence-corrected chi connectivity index (χ1v) is 15.5. The van der Waals surface area contributed by atoms with Gasteiger partial charge in [0.15, 0.2) is 5.69 Å². The smallest absolute Gasteiger partial charge is 0.189 e. The maximum Gasteiger partial charge on any atom is 0.189 e. The standard InChI is InChI=1S/C41H27N5/c1-25(2)44-36-20-18-29(43-3)22-37(36)46-35-19-17-28(27-15-13-26(24-42)14-16-27)21-33(35)39-40-32(23-38(44)41(39)46)31-11-7-8-12-34(31)45(40)30-9-5-4-6-10-30/h4-23,25H,1-2H3. The van der Waals surface area contributed by atoms with E-state index in [1.54, 1.807) is 0 Å². The number of fused-ring (bicyclic) bond motifs is 9. The van der Waals surface area contributed by atoms with Gasteiger partial charge in [0.05, 0.1) is 57.3 Å². The van der Waals surface area contributed by atoms with Crippen LogP contribution in [0.2, 0.25) is 0 Å². The fourth-order valence-corrected chi connectivity index (χ4v) is 7.48. The molecule has 0 N–H and O–H groups in total. The van der Waals surface area contributed by atoms with E-state index in [1.807, 2.05) is 36.4 Å². The first kappa shape index (κ1) is 26.1. The van der Waals surface area contributed by atoms with Crippen molar-refractivity contribution in [2.24, 2.45) is 0 Å². The van der Waals surface area contributed by atoms with Gasteiger partial charge in [0.25, 0.3) is 0 Å². The van der Waals surface area contributed by atoms with E-state index in [-0.39, 0.29) is 6.04 Å². The molecule has 3 heterocycles. The number of nitriles is 1. The van der Waals surface area contributed by atoms with Gasteiger partial charge in [0.1, 0.15) is 0 Å². The van der Waals surface area contributed by atoms with E-state index in [1.165, 1.54) is 21.7 Å². The van der Waals surface area contributed by atoms with Gasteiger partial charge in [-0.2, -0.15) is 5.26 Å². The first-order chi connectivity index (χ1) is 22.6. The Labute approximate surface area is 266 Å². The minimum Gasteiger partial charge on any atom is -0.336 e. The van der Waals surface area contributed by atoms with Crippen molar-refractivity contribution in [3.05, 3.63) is 138 Å². The Kier molecular flexibility index (Phi) is 5.45. The quantitative estimate of drug-likeness (QED) is 0.192. The predicted octanol–water partition coefficient (Wildman–Crippen LogP) is 10.8. The van der Waals surface area contributed by atoms with Crippen molar-refractivity contribution >= 4 is 60.7 Å². The highest BCUT2D eigenvalue weighted by Crippen LogP contribution is 2.52. The highest BCUT2D eigenvalue weighted by atomic mass is 15.2. The van der Waals surface area contributed by atoms with Crippen LogP contribution < -0.4 is 4.90 Å². The summed E-state index contributed by atoms with van der Waals surface area (Å²) in [6, 6.07) is 44.6. The molecule has 0 fully saturated rings. The average Bonchev–Trinajstić information content (AvgIpc) is 3.62. The van der Waals surface area contributed by atoms with E-state index in [0.717, 1.165) is 55.8 Å². The van der Waals surface area contributed by atoms with E-state index >= 15 is 0 Å². The van der Waals surface area contributed by atoms with Crippen molar-refractivity contribution in [2.75, 3.05) is 4.90 Å². The number of rotatable bonds is 3. The molecule has 0 atom stereocenters. The summed E-state index contributed by atoms with van der Waals surface area (Å²) in [5, 5.41) is 14.1. The number of aromatic nitrogens is 2. The van der Waals surface area contributed by atoms with Crippen LogP contribution >= 0.6 is 0 Å². The second kappa shape index (κ2) is 9.60. The Morgan fingerprint density at radius 2 is 1.37 bits per heavy atom. The van der Waals surface area contributed by atoms with Crippen LogP contribution in [-0.4, -0.2) is 15.2 Å². The van der Waals surface area contributed by atoms with E-state index in [2.05, 4.69) is 124 Å². The van der Waals surface area contributed by atoms with Crippen molar-refractivity contribution in [1.82, 2.24) is 9.13 Å². The summed E-state index contributed by atoms with van der Waals surface area (Å²) in [6.45, 7) is 12.3. The molecule has 0 amide bonds. The third-order valence-electron chi connectivity index (χ3n) is 9.37. The van der Waals surface area contributed by atoms with Crippen molar-refractivity contribution in [3.8, 4) is 28.6 Å². The first-order valence-electron chi connectivity index (χ1n) is 15.5. The zero-order chi connectivity index (χ0) is 31.1. The number of hydrogen-bond donors (Lipinski definition) is 0. The Morgan fingerprint density at radius 3 is 2.13 bits per heavy atom. The van der Waals surface area contributed by atoms with Crippen molar-refractivity contribution in [1.29, 1.82) is 5.26 Å². The fourth-order valence-electron chi connectivity index (χ4n) is 7.48. The lowest BCUT2D eigenvalue weighted by molar-refractivity contribution is 0.782. The number of benzene rings is 6. The van der Waals surface area contributed by atoms with Gasteiger partial charge in [-0.3, -0.25) is 0 Å². The van der Waals surface area contributed by atoms with Crippen LogP contribution in [0.25, 0.3) is 71.0 Å². The van der Waals surface area contributed by atoms with E-state index in [0.29, 0.717) is 11.3 Å². The van der Waals surface area contributed by atoms with E-state index in [4.69, 9.17) is 6.57 Å². The summed E-state index contributed by atoms with van der Waals surface area (Å²) in [6.07, 6.45) is 0. The molecule has 9 rings (SSSR count). The van der Waals surface area contributed by atoms with Gasteiger partial charge in [0.2, 0.25) is 0 Å².